The molecule has 2 rings (SSSR count). The Morgan fingerprint density at radius 2 is 1.51 bits per heavy atom. The van der Waals surface area contributed by atoms with Gasteiger partial charge in [0, 0.05) is 19.5 Å². The summed E-state index contributed by atoms with van der Waals surface area (Å²) in [5.74, 6) is -4.68. The number of Topliss-reactive ketones (excluding diaryl/α,β-unsaturated/α-hetero) is 1. The number of carbonyl (C=O) groups is 6. The van der Waals surface area contributed by atoms with Crippen LogP contribution in [0, 0.1) is 22.7 Å². The minimum Gasteiger partial charge on any atom is -0.459 e. The summed E-state index contributed by atoms with van der Waals surface area (Å²) in [6.07, 6.45) is -4.97. The van der Waals surface area contributed by atoms with E-state index in [1.165, 1.54) is 11.0 Å². The molecule has 0 aliphatic carbocycles. The maximum absolute atomic E-state index is 14.4. The first-order valence-electron chi connectivity index (χ1n) is 17.8. The lowest BCUT2D eigenvalue weighted by Crippen LogP contribution is -2.61. The fourth-order valence-electron chi connectivity index (χ4n) is 6.07. The average molecular weight is 752 g/mol. The van der Waals surface area contributed by atoms with Crippen molar-refractivity contribution >= 4 is 35.5 Å². The maximum atomic E-state index is 14.4. The Labute approximate surface area is 310 Å². The number of amides is 5. The molecule has 1 heterocycles. The minimum absolute atomic E-state index is 0.0171. The fraction of sp³-hybridized carbons (Fsp3) is 0.632. The molecule has 0 radical (unpaired) electrons. The summed E-state index contributed by atoms with van der Waals surface area (Å²) in [4.78, 5) is 81.6. The Bertz CT molecular complexity index is 1450. The number of carbonyl (C=O) groups excluding carboxylic acids is 6. The molecule has 1 aliphatic rings. The molecule has 5 atom stereocenters. The molecule has 0 bridgehead atoms. The quantitative estimate of drug-likeness (QED) is 0.107. The van der Waals surface area contributed by atoms with Gasteiger partial charge in [-0.25, -0.2) is 9.59 Å². The first kappa shape index (κ1) is 44.7. The Hall–Kier alpha value is -4.43. The predicted molar refractivity (Wildman–Crippen MR) is 193 cm³/mol. The molecule has 4 N–H and O–H groups in total. The molecule has 1 saturated heterocycles. The van der Waals surface area contributed by atoms with Crippen molar-refractivity contribution in [3.05, 3.63) is 48.6 Å². The van der Waals surface area contributed by atoms with Crippen LogP contribution in [0.4, 0.5) is 18.0 Å². The number of nitrogens with zero attached hydrogens (tertiary/aromatic N) is 1. The summed E-state index contributed by atoms with van der Waals surface area (Å²) >= 11 is 0. The fourth-order valence-corrected chi connectivity index (χ4v) is 6.07. The largest absolute Gasteiger partial charge is 0.459 e. The summed E-state index contributed by atoms with van der Waals surface area (Å²) in [5, 5.41) is 9.89. The summed E-state index contributed by atoms with van der Waals surface area (Å²) in [6, 6.07) is 2.80. The lowest BCUT2D eigenvalue weighted by Gasteiger charge is -2.36. The molecular formula is C38H56F3N5O7. The second kappa shape index (κ2) is 19.1. The zero-order valence-corrected chi connectivity index (χ0v) is 32.0. The van der Waals surface area contributed by atoms with E-state index in [0.29, 0.717) is 6.42 Å². The Balaban J connectivity index is 2.36. The van der Waals surface area contributed by atoms with Gasteiger partial charge in [0.15, 0.2) is 0 Å². The van der Waals surface area contributed by atoms with E-state index < -0.39 is 89.5 Å². The number of alkyl halides is 3. The van der Waals surface area contributed by atoms with Gasteiger partial charge in [-0.2, -0.15) is 13.2 Å². The smallest absolute Gasteiger partial charge is 0.389 e. The first-order chi connectivity index (χ1) is 24.4. The van der Waals surface area contributed by atoms with Crippen LogP contribution in [0.1, 0.15) is 86.6 Å². The van der Waals surface area contributed by atoms with Crippen molar-refractivity contribution in [3.8, 4) is 0 Å². The second-order valence-electron chi connectivity index (χ2n) is 16.1. The van der Waals surface area contributed by atoms with Gasteiger partial charge >= 0.3 is 18.2 Å². The number of ketones is 1. The van der Waals surface area contributed by atoms with E-state index in [0.717, 1.165) is 5.56 Å². The highest BCUT2D eigenvalue weighted by Crippen LogP contribution is 2.32. The Morgan fingerprint density at radius 3 is 2.04 bits per heavy atom. The number of esters is 1. The molecule has 5 amide bonds. The number of rotatable bonds is 16. The van der Waals surface area contributed by atoms with Crippen LogP contribution in [-0.2, 0) is 35.3 Å². The molecule has 53 heavy (non-hydrogen) atoms. The van der Waals surface area contributed by atoms with Crippen LogP contribution >= 0.6 is 0 Å². The molecule has 1 unspecified atom stereocenters. The number of benzene rings is 1. The van der Waals surface area contributed by atoms with Gasteiger partial charge in [-0.05, 0) is 47.5 Å². The molecular weight excluding hydrogens is 695 g/mol. The van der Waals surface area contributed by atoms with Crippen molar-refractivity contribution in [2.45, 2.75) is 118 Å². The highest BCUT2D eigenvalue weighted by atomic mass is 19.4. The molecule has 0 saturated carbocycles. The molecule has 0 aromatic heterocycles. The lowest BCUT2D eigenvalue weighted by molar-refractivity contribution is -0.150. The number of likely N-dealkylation sites (tertiary alicyclic amines) is 1. The van der Waals surface area contributed by atoms with Crippen molar-refractivity contribution in [2.75, 3.05) is 13.1 Å². The summed E-state index contributed by atoms with van der Waals surface area (Å²) in [6.45, 7) is 17.7. The summed E-state index contributed by atoms with van der Waals surface area (Å²) in [7, 11) is 0. The molecule has 12 nitrogen and oxygen atoms in total. The van der Waals surface area contributed by atoms with Crippen LogP contribution in [0.2, 0.25) is 0 Å². The standard InChI is InChI=1S/C38H56F3N5O7/c1-10-18-42-32(49)28(47)26(16-17-38(39,40)41)43-31(48)27-20-25(19-23(2)3)21-46(27)33(50)29(36(4,5)6)44-35(52)45-30(37(7,8)9)34(51)53-22-24-14-12-11-13-15-24/h10-15,23,25-27,29-30H,1,16-22H2,2-9H3,(H,42,49)(H,43,48)(H2,44,45,52)/t25-,26?,27+,29-,30-/m1/s1. The molecule has 296 valence electrons. The number of hydrogen-bond acceptors (Lipinski definition) is 7. The third-order valence-corrected chi connectivity index (χ3v) is 8.75. The van der Waals surface area contributed by atoms with Crippen LogP contribution in [0.3, 0.4) is 0 Å². The number of halogens is 3. The monoisotopic (exact) mass is 751 g/mol. The van der Waals surface area contributed by atoms with Gasteiger partial charge in [-0.15, -0.1) is 6.58 Å². The van der Waals surface area contributed by atoms with E-state index in [-0.39, 0.29) is 38.0 Å². The van der Waals surface area contributed by atoms with Crippen molar-refractivity contribution in [1.29, 1.82) is 0 Å². The molecule has 1 aromatic carbocycles. The van der Waals surface area contributed by atoms with Gasteiger partial charge in [-0.1, -0.05) is 91.8 Å². The normalized spacial score (nSPS) is 18.0. The van der Waals surface area contributed by atoms with Crippen LogP contribution < -0.4 is 21.3 Å². The molecule has 0 spiro atoms. The van der Waals surface area contributed by atoms with E-state index in [9.17, 15) is 41.9 Å². The van der Waals surface area contributed by atoms with Gasteiger partial charge in [0.05, 0.1) is 6.04 Å². The highest BCUT2D eigenvalue weighted by Gasteiger charge is 2.46. The number of nitrogens with one attached hydrogen (secondary N) is 4. The zero-order chi connectivity index (χ0) is 40.3. The maximum Gasteiger partial charge on any atom is 0.389 e. The molecule has 15 heteroatoms. The lowest BCUT2D eigenvalue weighted by atomic mass is 9.85. The predicted octanol–water partition coefficient (Wildman–Crippen LogP) is 4.82. The summed E-state index contributed by atoms with van der Waals surface area (Å²) < 4.78 is 45.1. The molecule has 1 fully saturated rings. The number of ether oxygens (including phenoxy) is 1. The van der Waals surface area contributed by atoms with Crippen LogP contribution in [0.5, 0.6) is 0 Å². The molecule has 1 aromatic rings. The van der Waals surface area contributed by atoms with Gasteiger partial charge < -0.3 is 30.9 Å². The third kappa shape index (κ3) is 14.5. The van der Waals surface area contributed by atoms with Gasteiger partial charge in [0.1, 0.15) is 24.7 Å². The van der Waals surface area contributed by atoms with Crippen LogP contribution in [0.15, 0.2) is 43.0 Å². The van der Waals surface area contributed by atoms with E-state index in [2.05, 4.69) is 27.8 Å². The van der Waals surface area contributed by atoms with E-state index in [1.54, 1.807) is 65.8 Å². The van der Waals surface area contributed by atoms with Crippen molar-refractivity contribution in [3.63, 3.8) is 0 Å². The topological polar surface area (TPSA) is 163 Å². The van der Waals surface area contributed by atoms with Gasteiger partial charge in [-0.3, -0.25) is 19.2 Å². The van der Waals surface area contributed by atoms with Crippen LogP contribution in [-0.4, -0.2) is 83.8 Å². The average Bonchev–Trinajstić information content (AvgIpc) is 3.47. The Kier molecular flexibility index (Phi) is 16.1. The Morgan fingerprint density at radius 1 is 0.925 bits per heavy atom. The van der Waals surface area contributed by atoms with Crippen molar-refractivity contribution in [2.24, 2.45) is 22.7 Å². The summed E-state index contributed by atoms with van der Waals surface area (Å²) in [5.41, 5.74) is -0.967. The number of urea groups is 1. The highest BCUT2D eigenvalue weighted by molar-refractivity contribution is 6.38. The van der Waals surface area contributed by atoms with Gasteiger partial charge in [0.2, 0.25) is 17.6 Å². The zero-order valence-electron chi connectivity index (χ0n) is 32.0. The second-order valence-corrected chi connectivity index (χ2v) is 16.1. The van der Waals surface area contributed by atoms with E-state index in [1.807, 2.05) is 19.9 Å². The van der Waals surface area contributed by atoms with Crippen LogP contribution in [0.25, 0.3) is 0 Å². The van der Waals surface area contributed by atoms with Crippen molar-refractivity contribution < 1.29 is 46.7 Å². The third-order valence-electron chi connectivity index (χ3n) is 8.75. The van der Waals surface area contributed by atoms with E-state index in [4.69, 9.17) is 4.74 Å². The molecule has 1 aliphatic heterocycles. The van der Waals surface area contributed by atoms with E-state index >= 15 is 0 Å². The van der Waals surface area contributed by atoms with Crippen molar-refractivity contribution in [1.82, 2.24) is 26.2 Å². The first-order valence-corrected chi connectivity index (χ1v) is 17.8. The minimum atomic E-state index is -4.67. The number of hydrogen-bond donors (Lipinski definition) is 4. The SMILES string of the molecule is C=CCNC(=O)C(=O)C(CCC(F)(F)F)NC(=O)[C@@H]1C[C@@H](CC(C)C)CN1C(=O)[C@@H](NC(=O)N[C@H](C(=O)OCc1ccccc1)C(C)(C)C)C(C)(C)C. The van der Waals surface area contributed by atoms with Gasteiger partial charge in [0.25, 0.3) is 5.91 Å².